The molecule has 3 N–H and O–H groups in total. The Morgan fingerprint density at radius 1 is 1.18 bits per heavy atom. The van der Waals surface area contributed by atoms with Crippen LogP contribution >= 0.6 is 23.4 Å². The number of fused-ring (bicyclic) bond motifs is 1. The van der Waals surface area contributed by atoms with Gasteiger partial charge in [0.15, 0.2) is 11.5 Å². The number of thioether (sulfide) groups is 1. The summed E-state index contributed by atoms with van der Waals surface area (Å²) in [4.78, 5) is 29.4. The molecule has 1 aromatic heterocycles. The van der Waals surface area contributed by atoms with Crippen LogP contribution in [0.3, 0.4) is 0 Å². The van der Waals surface area contributed by atoms with Crippen LogP contribution < -0.4 is 25.7 Å². The molecule has 1 atom stereocenters. The Kier molecular flexibility index (Phi) is 7.77. The van der Waals surface area contributed by atoms with Crippen LogP contribution in [0.15, 0.2) is 21.8 Å². The Bertz CT molecular complexity index is 1330. The zero-order chi connectivity index (χ0) is 28.1. The highest BCUT2D eigenvalue weighted by Crippen LogP contribution is 2.57. The van der Waals surface area contributed by atoms with Gasteiger partial charge in [-0.1, -0.05) is 25.4 Å². The predicted molar refractivity (Wildman–Crippen MR) is 156 cm³/mol. The third-order valence-corrected chi connectivity index (χ3v) is 9.97. The molecule has 39 heavy (non-hydrogen) atoms. The largest absolute Gasteiger partial charge is 0.448 e. The number of aryl methyl sites for hydroxylation is 1. The van der Waals surface area contributed by atoms with Crippen molar-refractivity contribution >= 4 is 29.3 Å². The molecule has 1 amide bonds. The first-order chi connectivity index (χ1) is 18.4. The number of halogens is 1. The molecule has 0 radical (unpaired) electrons. The van der Waals surface area contributed by atoms with E-state index in [1.54, 1.807) is 6.07 Å². The number of hydrogen-bond donors (Lipinski definition) is 3. The second-order valence-corrected chi connectivity index (χ2v) is 13.4. The Morgan fingerprint density at radius 2 is 1.85 bits per heavy atom. The first-order valence-corrected chi connectivity index (χ1v) is 15.6. The molecule has 1 spiro atoms. The zero-order valence-electron chi connectivity index (χ0n) is 23.8. The van der Waals surface area contributed by atoms with Gasteiger partial charge in [-0.3, -0.25) is 9.59 Å². The van der Waals surface area contributed by atoms with Crippen molar-refractivity contribution < 1.29 is 14.3 Å². The number of H-pyrrole nitrogens is 1. The molecule has 2 aromatic rings. The molecule has 5 rings (SSSR count). The number of benzene rings is 1. The lowest BCUT2D eigenvalue weighted by Crippen LogP contribution is -2.54. The smallest absolute Gasteiger partial charge is 0.254 e. The summed E-state index contributed by atoms with van der Waals surface area (Å²) < 4.78 is 12.9. The van der Waals surface area contributed by atoms with Crippen molar-refractivity contribution in [1.82, 2.24) is 15.6 Å². The van der Waals surface area contributed by atoms with E-state index in [2.05, 4.69) is 29.5 Å². The van der Waals surface area contributed by atoms with Crippen molar-refractivity contribution in [3.8, 4) is 11.5 Å². The topological polar surface area (TPSA) is 92.5 Å². The maximum absolute atomic E-state index is 13.2. The number of carbonyl (C=O) groups excluding carboxylic acids is 1. The van der Waals surface area contributed by atoms with Gasteiger partial charge in [0.2, 0.25) is 0 Å². The summed E-state index contributed by atoms with van der Waals surface area (Å²) in [6.45, 7) is 10.2. The van der Waals surface area contributed by atoms with E-state index in [-0.39, 0.29) is 23.9 Å². The van der Waals surface area contributed by atoms with E-state index in [0.717, 1.165) is 23.4 Å². The van der Waals surface area contributed by atoms with Crippen molar-refractivity contribution in [2.45, 2.75) is 102 Å². The molecule has 2 saturated carbocycles. The molecule has 2 aliphatic carbocycles. The van der Waals surface area contributed by atoms with Gasteiger partial charge in [-0.05, 0) is 76.2 Å². The first kappa shape index (κ1) is 28.4. The summed E-state index contributed by atoms with van der Waals surface area (Å²) in [5.74, 6) is 0.181. The maximum Gasteiger partial charge on any atom is 0.254 e. The molecule has 2 fully saturated rings. The summed E-state index contributed by atoms with van der Waals surface area (Å²) in [6, 6.07) is 4.72. The summed E-state index contributed by atoms with van der Waals surface area (Å²) in [5, 5.41) is 6.93. The molecule has 0 saturated heterocycles. The summed E-state index contributed by atoms with van der Waals surface area (Å²) in [6.07, 6.45) is 8.89. The van der Waals surface area contributed by atoms with Crippen molar-refractivity contribution in [3.63, 3.8) is 0 Å². The van der Waals surface area contributed by atoms with E-state index in [1.807, 2.05) is 33.1 Å². The minimum atomic E-state index is -0.810. The minimum absolute atomic E-state index is 0.116. The molecule has 0 bridgehead atoms. The van der Waals surface area contributed by atoms with E-state index >= 15 is 0 Å². The first-order valence-electron chi connectivity index (χ1n) is 14.0. The van der Waals surface area contributed by atoms with Crippen LogP contribution in [0.2, 0.25) is 5.02 Å². The minimum Gasteiger partial charge on any atom is -0.448 e. The molecule has 1 aliphatic heterocycles. The predicted octanol–water partition coefficient (Wildman–Crippen LogP) is 6.12. The van der Waals surface area contributed by atoms with Gasteiger partial charge in [-0.2, -0.15) is 0 Å². The zero-order valence-corrected chi connectivity index (χ0v) is 25.3. The van der Waals surface area contributed by atoms with Gasteiger partial charge >= 0.3 is 0 Å². The number of hydrogen-bond acceptors (Lipinski definition) is 6. The van der Waals surface area contributed by atoms with Crippen molar-refractivity contribution in [3.05, 3.63) is 49.9 Å². The van der Waals surface area contributed by atoms with Gasteiger partial charge < -0.3 is 25.1 Å². The SMILES string of the molecule is CSc1cc(C)[nH]c(=O)c1CNC(=O)c1cc(Cl)c2c(c1C)OC(C)(C1CCC3(CC1)CC(NC(C)C)C3)O2. The van der Waals surface area contributed by atoms with E-state index in [0.29, 0.717) is 50.7 Å². The fourth-order valence-corrected chi connectivity index (χ4v) is 7.72. The number of ether oxygens (including phenoxy) is 2. The van der Waals surface area contributed by atoms with Crippen molar-refractivity contribution in [2.24, 2.45) is 11.3 Å². The van der Waals surface area contributed by atoms with Gasteiger partial charge in [0, 0.05) is 58.7 Å². The Morgan fingerprint density at radius 3 is 2.49 bits per heavy atom. The molecule has 9 heteroatoms. The van der Waals surface area contributed by atoms with Crippen molar-refractivity contribution in [2.75, 3.05) is 6.26 Å². The third kappa shape index (κ3) is 5.44. The van der Waals surface area contributed by atoms with Crippen LogP contribution in [0.1, 0.15) is 86.5 Å². The monoisotopic (exact) mass is 573 g/mol. The summed E-state index contributed by atoms with van der Waals surface area (Å²) in [5.41, 5.74) is 2.69. The van der Waals surface area contributed by atoms with E-state index in [9.17, 15) is 9.59 Å². The highest BCUT2D eigenvalue weighted by Gasteiger charge is 2.52. The van der Waals surface area contributed by atoms with E-state index < -0.39 is 5.79 Å². The fraction of sp³-hybridized carbons (Fsp3) is 0.600. The standard InChI is InChI=1S/C30H40ClN3O4S/c1-16(2)33-20-13-30(14-20)9-7-19(8-10-30)29(5)37-25-18(4)21(12-23(31)26(25)38-29)27(35)32-15-22-24(39-6)11-17(3)34-28(22)36/h11-12,16,19-20,33H,7-10,13-15H2,1-6H3,(H,32,35)(H,34,36). The number of rotatable bonds is 7. The second-order valence-electron chi connectivity index (χ2n) is 12.1. The molecule has 3 aliphatic rings. The molecule has 1 unspecified atom stereocenters. The van der Waals surface area contributed by atoms with Crippen LogP contribution in [0.5, 0.6) is 11.5 Å². The van der Waals surface area contributed by atoms with Gasteiger partial charge in [0.1, 0.15) is 0 Å². The lowest BCUT2D eigenvalue weighted by atomic mass is 9.56. The number of carbonyl (C=O) groups is 1. The Hall–Kier alpha value is -2.16. The van der Waals surface area contributed by atoms with Crippen LogP contribution in [-0.4, -0.2) is 35.0 Å². The van der Waals surface area contributed by atoms with Crippen LogP contribution in [0.25, 0.3) is 0 Å². The van der Waals surface area contributed by atoms with Crippen LogP contribution in [-0.2, 0) is 6.54 Å². The third-order valence-electron chi connectivity index (χ3n) is 8.88. The van der Waals surface area contributed by atoms with E-state index in [1.165, 1.54) is 37.4 Å². The summed E-state index contributed by atoms with van der Waals surface area (Å²) >= 11 is 8.13. The highest BCUT2D eigenvalue weighted by molar-refractivity contribution is 7.98. The van der Waals surface area contributed by atoms with Crippen LogP contribution in [0, 0.1) is 25.2 Å². The molecular formula is C30H40ClN3O4S. The maximum atomic E-state index is 13.2. The van der Waals surface area contributed by atoms with Gasteiger partial charge in [0.25, 0.3) is 17.3 Å². The van der Waals surface area contributed by atoms with E-state index in [4.69, 9.17) is 21.1 Å². The van der Waals surface area contributed by atoms with Gasteiger partial charge in [0.05, 0.1) is 5.02 Å². The number of pyridine rings is 1. The number of aromatic nitrogens is 1. The number of aromatic amines is 1. The number of nitrogens with one attached hydrogen (secondary N) is 3. The average Bonchev–Trinajstić information content (AvgIpc) is 3.24. The fourth-order valence-electron chi connectivity index (χ4n) is 6.79. The van der Waals surface area contributed by atoms with Crippen molar-refractivity contribution in [1.29, 1.82) is 0 Å². The second kappa shape index (κ2) is 10.7. The average molecular weight is 574 g/mol. The molecular weight excluding hydrogens is 534 g/mol. The quantitative estimate of drug-likeness (QED) is 0.346. The Labute approximate surface area is 240 Å². The molecule has 1 aromatic carbocycles. The highest BCUT2D eigenvalue weighted by atomic mass is 35.5. The van der Waals surface area contributed by atoms with Gasteiger partial charge in [-0.25, -0.2) is 0 Å². The summed E-state index contributed by atoms with van der Waals surface area (Å²) in [7, 11) is 0. The normalized spacial score (nSPS) is 27.6. The van der Waals surface area contributed by atoms with Gasteiger partial charge in [-0.15, -0.1) is 11.8 Å². The van der Waals surface area contributed by atoms with Crippen LogP contribution in [0.4, 0.5) is 0 Å². The molecule has 7 nitrogen and oxygen atoms in total. The number of amides is 1. The Balaban J connectivity index is 1.26. The molecule has 2 heterocycles. The lowest BCUT2D eigenvalue weighted by Gasteiger charge is -2.53. The molecule has 212 valence electrons. The lowest BCUT2D eigenvalue weighted by molar-refractivity contribution is -0.135.